The average Bonchev–Trinajstić information content (AvgIpc) is 2.75. The van der Waals surface area contributed by atoms with Gasteiger partial charge in [0.2, 0.25) is 11.8 Å². The van der Waals surface area contributed by atoms with Crippen molar-refractivity contribution >= 4 is 47.2 Å². The van der Waals surface area contributed by atoms with Crippen LogP contribution in [0.15, 0.2) is 60.7 Å². The summed E-state index contributed by atoms with van der Waals surface area (Å²) in [7, 11) is 0. The first-order chi connectivity index (χ1) is 16.0. The highest BCUT2D eigenvalue weighted by Gasteiger charge is 2.41. The number of halogens is 2. The van der Waals surface area contributed by atoms with E-state index in [0.29, 0.717) is 16.6 Å². The predicted octanol–water partition coefficient (Wildman–Crippen LogP) is 6.54. The fourth-order valence-corrected chi connectivity index (χ4v) is 5.22. The first-order valence-corrected chi connectivity index (χ1v) is 12.2. The summed E-state index contributed by atoms with van der Waals surface area (Å²) in [6.07, 6.45) is 9.33. The molecule has 2 unspecified atom stereocenters. The van der Waals surface area contributed by atoms with E-state index >= 15 is 0 Å². The number of benzene rings is 2. The summed E-state index contributed by atoms with van der Waals surface area (Å²) < 4.78 is 0. The van der Waals surface area contributed by atoms with Crippen LogP contribution >= 0.6 is 23.2 Å². The molecule has 0 saturated heterocycles. The van der Waals surface area contributed by atoms with Gasteiger partial charge in [-0.3, -0.25) is 9.59 Å². The Balaban J connectivity index is 1.56. The topological polar surface area (TPSA) is 58.2 Å². The number of hydrogen-bond donors (Lipinski definition) is 2. The Hall–Kier alpha value is -2.56. The minimum Gasteiger partial charge on any atom is -0.352 e. The highest BCUT2D eigenvalue weighted by molar-refractivity contribution is 6.30. The van der Waals surface area contributed by atoms with Crippen molar-refractivity contribution in [3.05, 3.63) is 81.9 Å². The standard InChI is InChI=1S/C28H32Cl2N2O2/c1-27(2)16-24(32-26(34)15-9-21-6-12-23(30)13-7-21)17-28(3,18-27)19-31-25(33)14-8-20-4-10-22(29)11-5-20/h4-15,24H,16-19H2,1-3H3,(H,31,33)(H,32,34)/b14-8+,15-9+. The van der Waals surface area contributed by atoms with Gasteiger partial charge < -0.3 is 10.6 Å². The zero-order valence-corrected chi connectivity index (χ0v) is 21.4. The molecular weight excluding hydrogens is 467 g/mol. The SMILES string of the molecule is CC1(C)CC(NC(=O)/C=C/c2ccc(Cl)cc2)CC(C)(CNC(=O)/C=C/c2ccc(Cl)cc2)C1. The van der Waals surface area contributed by atoms with E-state index in [1.807, 2.05) is 24.3 Å². The molecule has 0 radical (unpaired) electrons. The molecule has 2 amide bonds. The van der Waals surface area contributed by atoms with E-state index in [2.05, 4.69) is 31.4 Å². The Morgan fingerprint density at radius 2 is 1.35 bits per heavy atom. The van der Waals surface area contributed by atoms with Gasteiger partial charge in [0.1, 0.15) is 0 Å². The molecule has 2 N–H and O–H groups in total. The number of carbonyl (C=O) groups excluding carboxylic acids is 2. The van der Waals surface area contributed by atoms with Gasteiger partial charge in [0, 0.05) is 34.8 Å². The third-order valence-corrected chi connectivity index (χ3v) is 6.58. The fraction of sp³-hybridized carbons (Fsp3) is 0.357. The van der Waals surface area contributed by atoms with Crippen molar-refractivity contribution in [2.24, 2.45) is 10.8 Å². The van der Waals surface area contributed by atoms with Crippen molar-refractivity contribution in [1.82, 2.24) is 10.6 Å². The summed E-state index contributed by atoms with van der Waals surface area (Å²) in [5.74, 6) is -0.249. The van der Waals surface area contributed by atoms with Gasteiger partial charge in [0.25, 0.3) is 0 Å². The molecule has 0 aliphatic heterocycles. The monoisotopic (exact) mass is 498 g/mol. The highest BCUT2D eigenvalue weighted by Crippen LogP contribution is 2.45. The van der Waals surface area contributed by atoms with Crippen molar-refractivity contribution < 1.29 is 9.59 Å². The normalized spacial score (nSPS) is 22.1. The number of amides is 2. The molecule has 180 valence electrons. The molecule has 2 aromatic carbocycles. The molecule has 3 rings (SSSR count). The minimum absolute atomic E-state index is 0.0395. The van der Waals surface area contributed by atoms with E-state index < -0.39 is 0 Å². The summed E-state index contributed by atoms with van der Waals surface area (Å²) >= 11 is 11.8. The van der Waals surface area contributed by atoms with Gasteiger partial charge in [0.15, 0.2) is 0 Å². The van der Waals surface area contributed by atoms with Gasteiger partial charge in [-0.15, -0.1) is 0 Å². The van der Waals surface area contributed by atoms with Gasteiger partial charge in [-0.05, 0) is 77.6 Å². The van der Waals surface area contributed by atoms with Crippen LogP contribution in [-0.4, -0.2) is 24.4 Å². The fourth-order valence-electron chi connectivity index (χ4n) is 4.97. The molecule has 0 spiro atoms. The molecular formula is C28H32Cl2N2O2. The smallest absolute Gasteiger partial charge is 0.244 e. The zero-order valence-electron chi connectivity index (χ0n) is 19.9. The largest absolute Gasteiger partial charge is 0.352 e. The Bertz CT molecular complexity index is 1060. The van der Waals surface area contributed by atoms with Crippen LogP contribution in [0.3, 0.4) is 0 Å². The van der Waals surface area contributed by atoms with Crippen LogP contribution in [0.4, 0.5) is 0 Å². The number of hydrogen-bond acceptors (Lipinski definition) is 2. The lowest BCUT2D eigenvalue weighted by Crippen LogP contribution is -2.50. The van der Waals surface area contributed by atoms with E-state index in [-0.39, 0.29) is 28.7 Å². The van der Waals surface area contributed by atoms with Crippen LogP contribution in [0, 0.1) is 10.8 Å². The van der Waals surface area contributed by atoms with Crippen LogP contribution in [-0.2, 0) is 9.59 Å². The molecule has 2 aromatic rings. The van der Waals surface area contributed by atoms with Crippen molar-refractivity contribution in [3.8, 4) is 0 Å². The number of carbonyl (C=O) groups is 2. The Morgan fingerprint density at radius 1 is 0.853 bits per heavy atom. The summed E-state index contributed by atoms with van der Waals surface area (Å²) in [6.45, 7) is 7.16. The summed E-state index contributed by atoms with van der Waals surface area (Å²) in [5, 5.41) is 7.54. The van der Waals surface area contributed by atoms with Crippen molar-refractivity contribution in [3.63, 3.8) is 0 Å². The van der Waals surface area contributed by atoms with Gasteiger partial charge in [-0.2, -0.15) is 0 Å². The zero-order chi connectivity index (χ0) is 24.8. The maximum absolute atomic E-state index is 12.6. The Labute approximate surface area is 212 Å². The van der Waals surface area contributed by atoms with Gasteiger partial charge >= 0.3 is 0 Å². The molecule has 1 fully saturated rings. The van der Waals surface area contributed by atoms with E-state index in [4.69, 9.17) is 23.2 Å². The molecule has 0 bridgehead atoms. The Kier molecular flexibility index (Phi) is 8.62. The van der Waals surface area contributed by atoms with Crippen LogP contribution in [0.25, 0.3) is 12.2 Å². The summed E-state index contributed by atoms with van der Waals surface area (Å²) in [4.78, 5) is 25.0. The molecule has 1 aliphatic rings. The first-order valence-electron chi connectivity index (χ1n) is 11.5. The van der Waals surface area contributed by atoms with Gasteiger partial charge in [-0.25, -0.2) is 0 Å². The third-order valence-electron chi connectivity index (χ3n) is 6.07. The van der Waals surface area contributed by atoms with Gasteiger partial charge in [-0.1, -0.05) is 68.2 Å². The van der Waals surface area contributed by atoms with Crippen LogP contribution in [0.2, 0.25) is 10.0 Å². The lowest BCUT2D eigenvalue weighted by molar-refractivity contribution is -0.119. The van der Waals surface area contributed by atoms with E-state index in [1.165, 1.54) is 0 Å². The molecule has 6 heteroatoms. The predicted molar refractivity (Wildman–Crippen MR) is 142 cm³/mol. The lowest BCUT2D eigenvalue weighted by Gasteiger charge is -2.46. The van der Waals surface area contributed by atoms with E-state index in [1.54, 1.807) is 48.6 Å². The molecule has 2 atom stereocenters. The minimum atomic E-state index is -0.133. The van der Waals surface area contributed by atoms with E-state index in [0.717, 1.165) is 30.4 Å². The molecule has 4 nitrogen and oxygen atoms in total. The van der Waals surface area contributed by atoms with Gasteiger partial charge in [0.05, 0.1) is 0 Å². The Morgan fingerprint density at radius 3 is 1.88 bits per heavy atom. The van der Waals surface area contributed by atoms with Crippen molar-refractivity contribution in [2.75, 3.05) is 6.54 Å². The van der Waals surface area contributed by atoms with Crippen LogP contribution < -0.4 is 10.6 Å². The van der Waals surface area contributed by atoms with Crippen molar-refractivity contribution in [2.45, 2.75) is 46.1 Å². The second-order valence-electron chi connectivity index (χ2n) is 10.3. The summed E-state index contributed by atoms with van der Waals surface area (Å²) in [5.41, 5.74) is 1.76. The quantitative estimate of drug-likeness (QED) is 0.425. The number of nitrogens with one attached hydrogen (secondary N) is 2. The maximum atomic E-state index is 12.6. The summed E-state index contributed by atoms with van der Waals surface area (Å²) in [6, 6.07) is 14.7. The second kappa shape index (κ2) is 11.2. The second-order valence-corrected chi connectivity index (χ2v) is 11.1. The highest BCUT2D eigenvalue weighted by atomic mass is 35.5. The molecule has 0 aromatic heterocycles. The first kappa shape index (κ1) is 26.1. The molecule has 34 heavy (non-hydrogen) atoms. The molecule has 1 saturated carbocycles. The van der Waals surface area contributed by atoms with E-state index in [9.17, 15) is 9.59 Å². The maximum Gasteiger partial charge on any atom is 0.244 e. The molecule has 0 heterocycles. The molecule has 1 aliphatic carbocycles. The van der Waals surface area contributed by atoms with Crippen LogP contribution in [0.5, 0.6) is 0 Å². The number of rotatable bonds is 7. The average molecular weight is 499 g/mol. The lowest BCUT2D eigenvalue weighted by atomic mass is 9.62. The van der Waals surface area contributed by atoms with Crippen LogP contribution in [0.1, 0.15) is 51.2 Å². The third kappa shape index (κ3) is 8.34. The van der Waals surface area contributed by atoms with Crippen molar-refractivity contribution in [1.29, 1.82) is 0 Å².